The maximum atomic E-state index is 12.4. The average Bonchev–Trinajstić information content (AvgIpc) is 2.61. The minimum atomic E-state index is -0.381. The van der Waals surface area contributed by atoms with E-state index in [1.165, 1.54) is 26.0 Å². The van der Waals surface area contributed by atoms with E-state index in [9.17, 15) is 9.59 Å². The van der Waals surface area contributed by atoms with E-state index in [1.54, 1.807) is 42.5 Å². The van der Waals surface area contributed by atoms with Crippen LogP contribution in [0.4, 0.5) is 11.4 Å². The number of nitrogens with one attached hydrogen (secondary N) is 1. The van der Waals surface area contributed by atoms with Crippen molar-refractivity contribution in [1.29, 1.82) is 0 Å². The summed E-state index contributed by atoms with van der Waals surface area (Å²) in [5, 5.41) is 3.12. The van der Waals surface area contributed by atoms with Gasteiger partial charge in [0, 0.05) is 13.0 Å². The Morgan fingerprint density at radius 2 is 1.84 bits per heavy atom. The van der Waals surface area contributed by atoms with Crippen LogP contribution < -0.4 is 19.7 Å². The van der Waals surface area contributed by atoms with Gasteiger partial charge in [-0.15, -0.1) is 0 Å². The molecule has 132 valence electrons. The summed E-state index contributed by atoms with van der Waals surface area (Å²) in [6.45, 7) is 1.19. The Morgan fingerprint density at radius 3 is 2.44 bits per heavy atom. The fraction of sp³-hybridized carbons (Fsp3) is 0.222. The monoisotopic (exact) mass is 362 g/mol. The Bertz CT molecular complexity index is 779. The van der Waals surface area contributed by atoms with Crippen LogP contribution in [0.5, 0.6) is 11.5 Å². The van der Waals surface area contributed by atoms with Crippen LogP contribution in [0, 0.1) is 0 Å². The lowest BCUT2D eigenvalue weighted by molar-refractivity contribution is -0.120. The molecule has 7 heteroatoms. The third kappa shape index (κ3) is 4.64. The molecule has 0 bridgehead atoms. The van der Waals surface area contributed by atoms with Crippen LogP contribution in [0.1, 0.15) is 6.92 Å². The van der Waals surface area contributed by atoms with Crippen LogP contribution in [0.15, 0.2) is 42.5 Å². The largest absolute Gasteiger partial charge is 0.497 e. The van der Waals surface area contributed by atoms with Gasteiger partial charge in [0.25, 0.3) is 0 Å². The van der Waals surface area contributed by atoms with Crippen molar-refractivity contribution in [3.63, 3.8) is 0 Å². The highest BCUT2D eigenvalue weighted by Crippen LogP contribution is 2.32. The molecule has 6 nitrogen and oxygen atoms in total. The average molecular weight is 363 g/mol. The molecule has 2 rings (SSSR count). The van der Waals surface area contributed by atoms with Crippen LogP contribution in [-0.2, 0) is 9.59 Å². The number of halogens is 1. The number of methoxy groups -OCH3 is 2. The van der Waals surface area contributed by atoms with Gasteiger partial charge in [-0.25, -0.2) is 0 Å². The second-order valence-corrected chi connectivity index (χ2v) is 5.58. The molecule has 0 saturated carbocycles. The molecule has 0 fully saturated rings. The molecule has 2 amide bonds. The van der Waals surface area contributed by atoms with Crippen molar-refractivity contribution in [3.8, 4) is 11.5 Å². The summed E-state index contributed by atoms with van der Waals surface area (Å²) in [4.78, 5) is 25.8. The number of carbonyl (C=O) groups excluding carboxylic acids is 2. The van der Waals surface area contributed by atoms with Gasteiger partial charge in [-0.05, 0) is 24.3 Å². The fourth-order valence-corrected chi connectivity index (χ4v) is 2.45. The molecule has 0 atom stereocenters. The molecule has 2 aromatic carbocycles. The van der Waals surface area contributed by atoms with E-state index in [4.69, 9.17) is 21.1 Å². The first-order valence-electron chi connectivity index (χ1n) is 7.50. The van der Waals surface area contributed by atoms with Crippen molar-refractivity contribution in [2.75, 3.05) is 31.0 Å². The first-order chi connectivity index (χ1) is 12.0. The van der Waals surface area contributed by atoms with Gasteiger partial charge >= 0.3 is 0 Å². The number of carbonyl (C=O) groups is 2. The zero-order chi connectivity index (χ0) is 18.4. The SMILES string of the molecule is COc1ccc(OC)c(N(CC(=O)Nc2ccccc2Cl)C(C)=O)c1. The number of hydrogen-bond donors (Lipinski definition) is 1. The molecule has 0 spiro atoms. The quantitative estimate of drug-likeness (QED) is 0.855. The molecular weight excluding hydrogens is 344 g/mol. The number of para-hydroxylation sites is 1. The van der Waals surface area contributed by atoms with E-state index >= 15 is 0 Å². The summed E-state index contributed by atoms with van der Waals surface area (Å²) in [5.41, 5.74) is 0.930. The summed E-state index contributed by atoms with van der Waals surface area (Å²) < 4.78 is 10.5. The van der Waals surface area contributed by atoms with Gasteiger partial charge in [0.15, 0.2) is 0 Å². The molecule has 0 aliphatic rings. The Kier molecular flexibility index (Phi) is 6.25. The molecule has 0 radical (unpaired) electrons. The van der Waals surface area contributed by atoms with E-state index in [-0.39, 0.29) is 18.4 Å². The van der Waals surface area contributed by atoms with Crippen molar-refractivity contribution in [3.05, 3.63) is 47.5 Å². The second-order valence-electron chi connectivity index (χ2n) is 5.17. The highest BCUT2D eigenvalue weighted by atomic mass is 35.5. The highest BCUT2D eigenvalue weighted by molar-refractivity contribution is 6.33. The lowest BCUT2D eigenvalue weighted by atomic mass is 10.2. The van der Waals surface area contributed by atoms with Crippen molar-refractivity contribution in [2.45, 2.75) is 6.92 Å². The molecule has 25 heavy (non-hydrogen) atoms. The van der Waals surface area contributed by atoms with E-state index in [0.717, 1.165) is 0 Å². The molecule has 0 aromatic heterocycles. The summed E-state index contributed by atoms with van der Waals surface area (Å²) >= 11 is 6.04. The minimum Gasteiger partial charge on any atom is -0.497 e. The summed E-state index contributed by atoms with van der Waals surface area (Å²) in [6, 6.07) is 11.9. The molecule has 0 aliphatic heterocycles. The Hall–Kier alpha value is -2.73. The smallest absolute Gasteiger partial charge is 0.244 e. The van der Waals surface area contributed by atoms with Gasteiger partial charge in [0.2, 0.25) is 11.8 Å². The first kappa shape index (κ1) is 18.6. The summed E-state index contributed by atoms with van der Waals surface area (Å²) in [7, 11) is 3.02. The Balaban J connectivity index is 2.26. The van der Waals surface area contributed by atoms with Crippen LogP contribution in [0.25, 0.3) is 0 Å². The van der Waals surface area contributed by atoms with Gasteiger partial charge < -0.3 is 14.8 Å². The summed E-state index contributed by atoms with van der Waals surface area (Å²) in [6.07, 6.45) is 0. The van der Waals surface area contributed by atoms with Crippen molar-refractivity contribution < 1.29 is 19.1 Å². The standard InChI is InChI=1S/C18H19ClN2O4/c1-12(22)21(16-10-13(24-2)8-9-17(16)25-3)11-18(23)20-15-7-5-4-6-14(15)19/h4-10H,11H2,1-3H3,(H,20,23). The van der Waals surface area contributed by atoms with Crippen LogP contribution in [0.2, 0.25) is 5.02 Å². The number of benzene rings is 2. The lowest BCUT2D eigenvalue weighted by Crippen LogP contribution is -2.37. The third-order valence-corrected chi connectivity index (χ3v) is 3.84. The van der Waals surface area contributed by atoms with Gasteiger partial charge in [0.05, 0.1) is 30.6 Å². The maximum absolute atomic E-state index is 12.4. The van der Waals surface area contributed by atoms with E-state index in [2.05, 4.69) is 5.32 Å². The molecule has 0 saturated heterocycles. The van der Waals surface area contributed by atoms with Gasteiger partial charge in [-0.3, -0.25) is 14.5 Å². The molecule has 1 N–H and O–H groups in total. The van der Waals surface area contributed by atoms with Crippen LogP contribution in [0.3, 0.4) is 0 Å². The van der Waals surface area contributed by atoms with Crippen molar-refractivity contribution >= 4 is 34.8 Å². The van der Waals surface area contributed by atoms with Gasteiger partial charge in [-0.2, -0.15) is 0 Å². The molecule has 0 heterocycles. The van der Waals surface area contributed by atoms with E-state index in [1.807, 2.05) is 0 Å². The molecule has 0 aliphatic carbocycles. The van der Waals surface area contributed by atoms with Gasteiger partial charge in [0.1, 0.15) is 18.0 Å². The van der Waals surface area contributed by atoms with E-state index in [0.29, 0.717) is 27.9 Å². The van der Waals surface area contributed by atoms with Crippen molar-refractivity contribution in [2.24, 2.45) is 0 Å². The van der Waals surface area contributed by atoms with E-state index < -0.39 is 0 Å². The Labute approximate surface area is 151 Å². The second kappa shape index (κ2) is 8.39. The third-order valence-electron chi connectivity index (χ3n) is 3.51. The fourth-order valence-electron chi connectivity index (χ4n) is 2.27. The number of rotatable bonds is 6. The molecule has 0 unspecified atom stereocenters. The van der Waals surface area contributed by atoms with Crippen LogP contribution >= 0.6 is 11.6 Å². The summed E-state index contributed by atoms with van der Waals surface area (Å²) in [5.74, 6) is 0.323. The van der Waals surface area contributed by atoms with Gasteiger partial charge in [-0.1, -0.05) is 23.7 Å². The number of hydrogen-bond acceptors (Lipinski definition) is 4. The first-order valence-corrected chi connectivity index (χ1v) is 7.88. The zero-order valence-corrected chi connectivity index (χ0v) is 15.0. The predicted molar refractivity (Wildman–Crippen MR) is 97.7 cm³/mol. The van der Waals surface area contributed by atoms with Crippen LogP contribution in [-0.4, -0.2) is 32.6 Å². The molecule has 2 aromatic rings. The maximum Gasteiger partial charge on any atom is 0.244 e. The number of nitrogens with zero attached hydrogens (tertiary/aromatic N) is 1. The number of ether oxygens (including phenoxy) is 2. The normalized spacial score (nSPS) is 10.1. The highest BCUT2D eigenvalue weighted by Gasteiger charge is 2.20. The number of anilines is 2. The van der Waals surface area contributed by atoms with Crippen molar-refractivity contribution in [1.82, 2.24) is 0 Å². The zero-order valence-electron chi connectivity index (χ0n) is 14.2. The lowest BCUT2D eigenvalue weighted by Gasteiger charge is -2.23. The topological polar surface area (TPSA) is 67.9 Å². The minimum absolute atomic E-state index is 0.190. The number of amides is 2. The Morgan fingerprint density at radius 1 is 1.12 bits per heavy atom. The predicted octanol–water partition coefficient (Wildman–Crippen LogP) is 3.35. The molecular formula is C18H19ClN2O4.